The Bertz CT molecular complexity index is 576. The zero-order chi connectivity index (χ0) is 13.8. The minimum atomic E-state index is 0.214. The Hall–Kier alpha value is -2.31. The molecule has 0 radical (unpaired) electrons. The molecule has 7 heteroatoms. The fraction of sp³-hybridized carbons (Fsp3) is 0.417. The van der Waals surface area contributed by atoms with E-state index in [2.05, 4.69) is 34.0 Å². The first-order valence-corrected chi connectivity index (χ1v) is 6.15. The van der Waals surface area contributed by atoms with Crippen LogP contribution in [0.1, 0.15) is 20.3 Å². The first-order valence-electron chi connectivity index (χ1n) is 6.15. The number of oxime groups is 1. The fourth-order valence-corrected chi connectivity index (χ4v) is 1.96. The third-order valence-corrected chi connectivity index (χ3v) is 2.94. The van der Waals surface area contributed by atoms with E-state index >= 15 is 0 Å². The van der Waals surface area contributed by atoms with Gasteiger partial charge in [-0.3, -0.25) is 0 Å². The Morgan fingerprint density at radius 2 is 2.32 bits per heavy atom. The molecule has 2 aromatic rings. The number of rotatable bonds is 5. The Morgan fingerprint density at radius 3 is 3.00 bits per heavy atom. The molecule has 0 saturated carbocycles. The van der Waals surface area contributed by atoms with Crippen LogP contribution in [0.15, 0.2) is 29.8 Å². The highest BCUT2D eigenvalue weighted by Gasteiger charge is 2.16. The van der Waals surface area contributed by atoms with Crippen molar-refractivity contribution in [2.24, 2.45) is 10.9 Å². The predicted octanol–water partition coefficient (Wildman–Crippen LogP) is 1.08. The van der Waals surface area contributed by atoms with Gasteiger partial charge in [-0.1, -0.05) is 5.16 Å². The molecule has 0 fully saturated rings. The second kappa shape index (κ2) is 5.55. The van der Waals surface area contributed by atoms with E-state index in [1.54, 1.807) is 23.1 Å². The van der Waals surface area contributed by atoms with Crippen LogP contribution >= 0.6 is 0 Å². The van der Waals surface area contributed by atoms with Gasteiger partial charge in [0.05, 0.1) is 6.20 Å². The lowest BCUT2D eigenvalue weighted by molar-refractivity contribution is 0.317. The van der Waals surface area contributed by atoms with Crippen molar-refractivity contribution in [2.75, 3.05) is 11.4 Å². The van der Waals surface area contributed by atoms with Gasteiger partial charge in [0.2, 0.25) is 0 Å². The summed E-state index contributed by atoms with van der Waals surface area (Å²) in [5.74, 6) is 1.06. The van der Waals surface area contributed by atoms with Crippen LogP contribution in [0.5, 0.6) is 0 Å². The van der Waals surface area contributed by atoms with Crippen LogP contribution < -0.4 is 10.6 Å². The van der Waals surface area contributed by atoms with E-state index in [9.17, 15) is 0 Å². The summed E-state index contributed by atoms with van der Waals surface area (Å²) in [5, 5.41) is 15.8. The van der Waals surface area contributed by atoms with Crippen LogP contribution in [0.2, 0.25) is 0 Å². The van der Waals surface area contributed by atoms with Crippen molar-refractivity contribution in [1.82, 2.24) is 14.6 Å². The van der Waals surface area contributed by atoms with Crippen LogP contribution in [0.4, 0.5) is 5.82 Å². The molecule has 0 saturated heterocycles. The largest absolute Gasteiger partial charge is 0.409 e. The molecule has 0 amide bonds. The number of hydrogen-bond donors (Lipinski definition) is 2. The molecule has 0 unspecified atom stereocenters. The maximum absolute atomic E-state index is 8.61. The second-order valence-electron chi connectivity index (χ2n) is 4.54. The zero-order valence-electron chi connectivity index (χ0n) is 11.1. The van der Waals surface area contributed by atoms with E-state index in [0.29, 0.717) is 13.0 Å². The summed E-state index contributed by atoms with van der Waals surface area (Å²) in [6.07, 6.45) is 5.74. The van der Waals surface area contributed by atoms with Crippen molar-refractivity contribution < 1.29 is 5.21 Å². The van der Waals surface area contributed by atoms with E-state index < -0.39 is 0 Å². The molecular weight excluding hydrogens is 244 g/mol. The lowest BCUT2D eigenvalue weighted by atomic mass is 10.2. The molecule has 0 bridgehead atoms. The van der Waals surface area contributed by atoms with Crippen molar-refractivity contribution >= 4 is 17.2 Å². The number of nitrogens with zero attached hydrogens (tertiary/aromatic N) is 5. The molecule has 0 aliphatic rings. The maximum Gasteiger partial charge on any atom is 0.154 e. The van der Waals surface area contributed by atoms with E-state index in [1.165, 1.54) is 0 Å². The molecule has 0 aliphatic carbocycles. The van der Waals surface area contributed by atoms with E-state index in [-0.39, 0.29) is 11.9 Å². The van der Waals surface area contributed by atoms with E-state index in [4.69, 9.17) is 10.9 Å². The Kier molecular flexibility index (Phi) is 3.84. The Morgan fingerprint density at radius 1 is 1.53 bits per heavy atom. The van der Waals surface area contributed by atoms with E-state index in [1.807, 2.05) is 6.07 Å². The smallest absolute Gasteiger partial charge is 0.154 e. The molecule has 0 atom stereocenters. The minimum Gasteiger partial charge on any atom is -0.409 e. The summed E-state index contributed by atoms with van der Waals surface area (Å²) in [5.41, 5.74) is 6.47. The normalized spacial score (nSPS) is 12.3. The molecule has 19 heavy (non-hydrogen) atoms. The standard InChI is InChI=1S/C12H18N6O/c1-9(2)17(7-4-11(13)16-19)12-10-3-5-15-18(10)8-6-14-12/h3,5-6,8-9,19H,4,7H2,1-2H3,(H2,13,16). The van der Waals surface area contributed by atoms with Gasteiger partial charge in [0, 0.05) is 31.4 Å². The van der Waals surface area contributed by atoms with Gasteiger partial charge < -0.3 is 15.8 Å². The highest BCUT2D eigenvalue weighted by atomic mass is 16.4. The van der Waals surface area contributed by atoms with Crippen molar-refractivity contribution in [3.63, 3.8) is 0 Å². The molecule has 0 aliphatic heterocycles. The number of amidine groups is 1. The van der Waals surface area contributed by atoms with Crippen molar-refractivity contribution in [2.45, 2.75) is 26.3 Å². The molecule has 2 aromatic heterocycles. The topological polar surface area (TPSA) is 92.0 Å². The van der Waals surface area contributed by atoms with Crippen LogP contribution in [0.3, 0.4) is 0 Å². The molecule has 0 aromatic carbocycles. The van der Waals surface area contributed by atoms with Gasteiger partial charge in [0.15, 0.2) is 5.82 Å². The molecule has 0 spiro atoms. The van der Waals surface area contributed by atoms with Crippen molar-refractivity contribution in [3.8, 4) is 0 Å². The highest BCUT2D eigenvalue weighted by molar-refractivity contribution is 5.80. The van der Waals surface area contributed by atoms with Gasteiger partial charge in [0.25, 0.3) is 0 Å². The number of hydrogen-bond acceptors (Lipinski definition) is 5. The average molecular weight is 262 g/mol. The highest BCUT2D eigenvalue weighted by Crippen LogP contribution is 2.20. The quantitative estimate of drug-likeness (QED) is 0.364. The Balaban J connectivity index is 2.31. The molecule has 2 rings (SSSR count). The van der Waals surface area contributed by atoms with Crippen LogP contribution in [-0.2, 0) is 0 Å². The predicted molar refractivity (Wildman–Crippen MR) is 73.5 cm³/mol. The average Bonchev–Trinajstić information content (AvgIpc) is 2.87. The first-order chi connectivity index (χ1) is 9.13. The lowest BCUT2D eigenvalue weighted by Gasteiger charge is -2.28. The van der Waals surface area contributed by atoms with Crippen LogP contribution in [-0.4, -0.2) is 38.2 Å². The summed E-state index contributed by atoms with van der Waals surface area (Å²) >= 11 is 0. The van der Waals surface area contributed by atoms with Gasteiger partial charge in [-0.2, -0.15) is 5.10 Å². The monoisotopic (exact) mass is 262 g/mol. The van der Waals surface area contributed by atoms with Crippen LogP contribution in [0.25, 0.3) is 5.52 Å². The molecular formula is C12H18N6O. The summed E-state index contributed by atoms with van der Waals surface area (Å²) in [7, 11) is 0. The maximum atomic E-state index is 8.61. The van der Waals surface area contributed by atoms with Crippen LogP contribution in [0, 0.1) is 0 Å². The SMILES string of the molecule is CC(C)N(CC/C(N)=N/O)c1nccn2nccc12. The molecule has 102 valence electrons. The molecule has 7 nitrogen and oxygen atoms in total. The summed E-state index contributed by atoms with van der Waals surface area (Å²) in [6, 6.07) is 2.17. The summed E-state index contributed by atoms with van der Waals surface area (Å²) in [6.45, 7) is 4.78. The zero-order valence-corrected chi connectivity index (χ0v) is 11.1. The molecule has 3 N–H and O–H groups in total. The molecule has 2 heterocycles. The third kappa shape index (κ3) is 2.75. The lowest BCUT2D eigenvalue weighted by Crippen LogP contribution is -2.35. The van der Waals surface area contributed by atoms with Gasteiger partial charge in [0.1, 0.15) is 11.4 Å². The van der Waals surface area contributed by atoms with E-state index in [0.717, 1.165) is 11.3 Å². The van der Waals surface area contributed by atoms with Gasteiger partial charge >= 0.3 is 0 Å². The van der Waals surface area contributed by atoms with Gasteiger partial charge in [-0.25, -0.2) is 9.50 Å². The second-order valence-corrected chi connectivity index (χ2v) is 4.54. The number of anilines is 1. The third-order valence-electron chi connectivity index (χ3n) is 2.94. The first kappa shape index (κ1) is 13.1. The fourth-order valence-electron chi connectivity index (χ4n) is 1.96. The Labute approximate surface area is 111 Å². The summed E-state index contributed by atoms with van der Waals surface area (Å²) in [4.78, 5) is 6.53. The van der Waals surface area contributed by atoms with Gasteiger partial charge in [-0.05, 0) is 19.9 Å². The number of aromatic nitrogens is 3. The number of fused-ring (bicyclic) bond motifs is 1. The van der Waals surface area contributed by atoms with Crippen molar-refractivity contribution in [1.29, 1.82) is 0 Å². The van der Waals surface area contributed by atoms with Gasteiger partial charge in [-0.15, -0.1) is 0 Å². The van der Waals surface area contributed by atoms with Crippen molar-refractivity contribution in [3.05, 3.63) is 24.7 Å². The summed E-state index contributed by atoms with van der Waals surface area (Å²) < 4.78 is 1.78. The number of nitrogens with two attached hydrogens (primary N) is 1. The minimum absolute atomic E-state index is 0.214.